The molecule has 2 bridgehead atoms. The molecule has 1 N–H and O–H groups in total. The lowest BCUT2D eigenvalue weighted by molar-refractivity contribution is -0.0361. The summed E-state index contributed by atoms with van der Waals surface area (Å²) in [6.45, 7) is 14.6. The molecule has 2 aromatic carbocycles. The number of carbonyl (C=O) groups is 1. The van der Waals surface area contributed by atoms with E-state index in [1.54, 1.807) is 0 Å². The van der Waals surface area contributed by atoms with Crippen LogP contribution in [-0.2, 0) is 10.2 Å². The molecule has 34 heavy (non-hydrogen) atoms. The molecule has 1 amide bonds. The quantitative estimate of drug-likeness (QED) is 0.614. The SMILES string of the molecule is CC(C)(C)c1ccc(-c2ccc3c(c2)OCC(C)(C)C3NC(=O)O[C@H]2CN3CCC2CC3)cc1. The average Bonchev–Trinajstić information content (AvgIpc) is 2.81. The van der Waals surface area contributed by atoms with Crippen LogP contribution in [0.25, 0.3) is 11.1 Å². The first-order chi connectivity index (χ1) is 16.1. The summed E-state index contributed by atoms with van der Waals surface area (Å²) in [5.74, 6) is 1.34. The number of rotatable bonds is 3. The second-order valence-corrected chi connectivity index (χ2v) is 12.0. The van der Waals surface area contributed by atoms with Crippen molar-refractivity contribution in [2.24, 2.45) is 11.3 Å². The monoisotopic (exact) mass is 462 g/mol. The van der Waals surface area contributed by atoms with Crippen molar-refractivity contribution in [3.63, 3.8) is 0 Å². The molecule has 5 heteroatoms. The van der Waals surface area contributed by atoms with Gasteiger partial charge in [-0.25, -0.2) is 4.79 Å². The first kappa shape index (κ1) is 23.2. The maximum Gasteiger partial charge on any atom is 0.407 e. The molecule has 0 aliphatic carbocycles. The van der Waals surface area contributed by atoms with E-state index in [1.807, 2.05) is 0 Å². The van der Waals surface area contributed by atoms with E-state index in [0.29, 0.717) is 12.5 Å². The largest absolute Gasteiger partial charge is 0.493 e. The highest BCUT2D eigenvalue weighted by atomic mass is 16.6. The van der Waals surface area contributed by atoms with Crippen molar-refractivity contribution in [3.8, 4) is 16.9 Å². The summed E-state index contributed by atoms with van der Waals surface area (Å²) in [6, 6.07) is 14.9. The third-order valence-corrected chi connectivity index (χ3v) is 7.91. The Hall–Kier alpha value is -2.53. The van der Waals surface area contributed by atoms with E-state index in [4.69, 9.17) is 9.47 Å². The topological polar surface area (TPSA) is 50.8 Å². The Balaban J connectivity index is 1.34. The number of nitrogens with one attached hydrogen (secondary N) is 1. The molecule has 0 saturated carbocycles. The molecule has 0 aromatic heterocycles. The molecule has 4 heterocycles. The number of nitrogens with zero attached hydrogens (tertiary/aromatic N) is 1. The predicted octanol–water partition coefficient (Wildman–Crippen LogP) is 5.93. The van der Waals surface area contributed by atoms with Crippen LogP contribution in [0.5, 0.6) is 5.75 Å². The fourth-order valence-corrected chi connectivity index (χ4v) is 5.61. The molecule has 5 nitrogen and oxygen atoms in total. The number of amides is 1. The molecule has 3 saturated heterocycles. The molecule has 6 rings (SSSR count). The van der Waals surface area contributed by atoms with E-state index >= 15 is 0 Å². The van der Waals surface area contributed by atoms with E-state index in [9.17, 15) is 4.79 Å². The first-order valence-corrected chi connectivity index (χ1v) is 12.7. The summed E-state index contributed by atoms with van der Waals surface area (Å²) < 4.78 is 12.1. The number of alkyl carbamates (subject to hydrolysis) is 1. The molecule has 3 fully saturated rings. The normalized spacial score (nSPS) is 27.4. The predicted molar refractivity (Wildman–Crippen MR) is 135 cm³/mol. The van der Waals surface area contributed by atoms with Crippen molar-refractivity contribution in [1.82, 2.24) is 10.2 Å². The minimum Gasteiger partial charge on any atom is -0.493 e. The van der Waals surface area contributed by atoms with Gasteiger partial charge in [-0.05, 0) is 60.0 Å². The summed E-state index contributed by atoms with van der Waals surface area (Å²) in [7, 11) is 0. The zero-order chi connectivity index (χ0) is 24.1. The van der Waals surface area contributed by atoms with Crippen LogP contribution < -0.4 is 10.1 Å². The van der Waals surface area contributed by atoms with Crippen LogP contribution in [0.4, 0.5) is 4.79 Å². The fourth-order valence-electron chi connectivity index (χ4n) is 5.61. The van der Waals surface area contributed by atoms with Crippen LogP contribution in [-0.4, -0.2) is 43.3 Å². The zero-order valence-electron chi connectivity index (χ0n) is 21.2. The summed E-state index contributed by atoms with van der Waals surface area (Å²) in [5, 5.41) is 3.20. The van der Waals surface area contributed by atoms with Crippen molar-refractivity contribution >= 4 is 6.09 Å². The lowest BCUT2D eigenvalue weighted by Gasteiger charge is -2.44. The first-order valence-electron chi connectivity index (χ1n) is 12.7. The highest BCUT2D eigenvalue weighted by molar-refractivity contribution is 5.70. The van der Waals surface area contributed by atoms with Crippen molar-refractivity contribution in [3.05, 3.63) is 53.6 Å². The Bertz CT molecular complexity index is 1050. The van der Waals surface area contributed by atoms with E-state index in [1.165, 1.54) is 5.56 Å². The molecule has 0 spiro atoms. The maximum atomic E-state index is 13.0. The lowest BCUT2D eigenvalue weighted by atomic mass is 9.78. The van der Waals surface area contributed by atoms with E-state index in [0.717, 1.165) is 54.9 Å². The molecule has 2 aromatic rings. The average molecular weight is 463 g/mol. The molecule has 2 atom stereocenters. The third kappa shape index (κ3) is 4.55. The van der Waals surface area contributed by atoms with Gasteiger partial charge in [0.05, 0.1) is 12.6 Å². The number of piperidine rings is 3. The summed E-state index contributed by atoms with van der Waals surface area (Å²) in [6.07, 6.45) is 1.95. The van der Waals surface area contributed by atoms with E-state index in [-0.39, 0.29) is 29.1 Å². The van der Waals surface area contributed by atoms with Crippen LogP contribution in [0.3, 0.4) is 0 Å². The molecule has 4 aliphatic heterocycles. The Kier molecular flexibility index (Phi) is 5.87. The number of ether oxygens (including phenoxy) is 2. The van der Waals surface area contributed by atoms with Gasteiger partial charge in [-0.1, -0.05) is 71.0 Å². The lowest BCUT2D eigenvalue weighted by Crippen LogP contribution is -2.53. The summed E-state index contributed by atoms with van der Waals surface area (Å²) >= 11 is 0. The molecule has 4 aliphatic rings. The van der Waals surface area contributed by atoms with Gasteiger partial charge in [-0.3, -0.25) is 4.90 Å². The summed E-state index contributed by atoms with van der Waals surface area (Å²) in [4.78, 5) is 15.4. The maximum absolute atomic E-state index is 13.0. The van der Waals surface area contributed by atoms with E-state index < -0.39 is 0 Å². The van der Waals surface area contributed by atoms with Gasteiger partial charge in [0, 0.05) is 17.5 Å². The molecule has 1 unspecified atom stereocenters. The van der Waals surface area contributed by atoms with E-state index in [2.05, 4.69) is 87.3 Å². The van der Waals surface area contributed by atoms with Gasteiger partial charge in [0.2, 0.25) is 0 Å². The Morgan fingerprint density at radius 3 is 2.35 bits per heavy atom. The van der Waals surface area contributed by atoms with Crippen LogP contribution in [0.1, 0.15) is 64.6 Å². The van der Waals surface area contributed by atoms with Gasteiger partial charge in [0.1, 0.15) is 11.9 Å². The van der Waals surface area contributed by atoms with Crippen molar-refractivity contribution in [2.45, 2.75) is 65.0 Å². The zero-order valence-corrected chi connectivity index (χ0v) is 21.2. The third-order valence-electron chi connectivity index (χ3n) is 7.91. The second-order valence-electron chi connectivity index (χ2n) is 12.0. The van der Waals surface area contributed by atoms with Gasteiger partial charge in [-0.15, -0.1) is 0 Å². The van der Waals surface area contributed by atoms with Crippen molar-refractivity contribution < 1.29 is 14.3 Å². The molecular weight excluding hydrogens is 424 g/mol. The van der Waals surface area contributed by atoms with Crippen LogP contribution >= 0.6 is 0 Å². The van der Waals surface area contributed by atoms with Gasteiger partial charge in [-0.2, -0.15) is 0 Å². The smallest absolute Gasteiger partial charge is 0.407 e. The molecule has 182 valence electrons. The minimum atomic E-state index is -0.313. The molecule has 0 radical (unpaired) electrons. The number of hydrogen-bond acceptors (Lipinski definition) is 4. The number of benzene rings is 2. The van der Waals surface area contributed by atoms with Crippen LogP contribution in [0.2, 0.25) is 0 Å². The highest BCUT2D eigenvalue weighted by Crippen LogP contribution is 2.44. The Morgan fingerprint density at radius 1 is 1.06 bits per heavy atom. The number of hydrogen-bond donors (Lipinski definition) is 1. The van der Waals surface area contributed by atoms with Crippen molar-refractivity contribution in [1.29, 1.82) is 0 Å². The fraction of sp³-hybridized carbons (Fsp3) is 0.552. The Labute approximate surface area is 203 Å². The van der Waals surface area contributed by atoms with Gasteiger partial charge in [0.25, 0.3) is 0 Å². The number of carbonyl (C=O) groups excluding carboxylic acids is 1. The Morgan fingerprint density at radius 2 is 1.74 bits per heavy atom. The van der Waals surface area contributed by atoms with Gasteiger partial charge in [0.15, 0.2) is 0 Å². The van der Waals surface area contributed by atoms with Gasteiger partial charge >= 0.3 is 6.09 Å². The minimum absolute atomic E-state index is 0.00312. The van der Waals surface area contributed by atoms with Gasteiger partial charge < -0.3 is 14.8 Å². The summed E-state index contributed by atoms with van der Waals surface area (Å²) in [5.41, 5.74) is 4.50. The van der Waals surface area contributed by atoms with Crippen molar-refractivity contribution in [2.75, 3.05) is 26.2 Å². The van der Waals surface area contributed by atoms with Crippen LogP contribution in [0, 0.1) is 11.3 Å². The highest BCUT2D eigenvalue weighted by Gasteiger charge is 2.41. The van der Waals surface area contributed by atoms with Crippen LogP contribution in [0.15, 0.2) is 42.5 Å². The second kappa shape index (κ2) is 8.60. The number of fused-ring (bicyclic) bond motifs is 4. The molecular formula is C29H38N2O3. The standard InChI is InChI=1S/C29H38N2O3/c1-28(2,3)22-9-6-19(7-10-22)21-8-11-23-24(16-21)33-18-29(4,5)26(23)30-27(32)34-25-17-31-14-12-20(25)13-15-31/h6-11,16,20,25-26H,12-15,17-18H2,1-5H3,(H,30,32)/t25-,26?/m0/s1.